The Balaban J connectivity index is 2.62. The van der Waals surface area contributed by atoms with Crippen LogP contribution in [0.15, 0.2) is 24.3 Å². The minimum atomic E-state index is 0.670. The molecule has 0 aliphatic rings. The molecule has 4 heteroatoms. The Hall–Kier alpha value is -1.48. The topological polar surface area (TPSA) is 27.1 Å². The van der Waals surface area contributed by atoms with E-state index in [1.807, 2.05) is 36.7 Å². The highest BCUT2D eigenvalue weighted by molar-refractivity contribution is 6.30. The minimum absolute atomic E-state index is 0.670. The quantitative estimate of drug-likeness (QED) is 0.801. The Morgan fingerprint density at radius 2 is 2.00 bits per heavy atom. The van der Waals surface area contributed by atoms with E-state index in [9.17, 15) is 0 Å². The fraction of sp³-hybridized carbons (Fsp3) is 0.250. The molecule has 0 fully saturated rings. The number of methoxy groups -OCH3 is 1. The molecule has 2 aromatic rings. The summed E-state index contributed by atoms with van der Waals surface area (Å²) in [5.74, 6) is 0.760. The molecule has 3 nitrogen and oxygen atoms in total. The molecule has 1 heterocycles. The Kier molecular flexibility index (Phi) is 2.88. The lowest BCUT2D eigenvalue weighted by Crippen LogP contribution is -2.01. The van der Waals surface area contributed by atoms with Gasteiger partial charge in [-0.3, -0.25) is 0 Å². The van der Waals surface area contributed by atoms with Gasteiger partial charge in [-0.25, -0.2) is 4.68 Å². The van der Waals surface area contributed by atoms with Crippen LogP contribution in [-0.4, -0.2) is 16.9 Å². The first-order valence-electron chi connectivity index (χ1n) is 4.99. The molecule has 0 spiro atoms. The number of aryl methyl sites for hydroxylation is 2. The second-order valence-electron chi connectivity index (χ2n) is 3.66. The van der Waals surface area contributed by atoms with Crippen molar-refractivity contribution in [2.24, 2.45) is 0 Å². The van der Waals surface area contributed by atoms with Gasteiger partial charge in [0.2, 0.25) is 0 Å². The highest BCUT2D eigenvalue weighted by atomic mass is 35.5. The normalized spacial score (nSPS) is 10.5. The Morgan fingerprint density at radius 1 is 1.25 bits per heavy atom. The molecule has 16 heavy (non-hydrogen) atoms. The maximum Gasteiger partial charge on any atom is 0.144 e. The fourth-order valence-corrected chi connectivity index (χ4v) is 1.87. The van der Waals surface area contributed by atoms with Crippen LogP contribution in [0.1, 0.15) is 11.4 Å². The molecule has 1 aromatic heterocycles. The van der Waals surface area contributed by atoms with Crippen molar-refractivity contribution in [2.45, 2.75) is 13.8 Å². The Labute approximate surface area is 99.6 Å². The zero-order valence-electron chi connectivity index (χ0n) is 9.49. The van der Waals surface area contributed by atoms with Crippen molar-refractivity contribution in [1.82, 2.24) is 9.78 Å². The van der Waals surface area contributed by atoms with Gasteiger partial charge in [0.25, 0.3) is 0 Å². The van der Waals surface area contributed by atoms with E-state index in [2.05, 4.69) is 5.10 Å². The van der Waals surface area contributed by atoms with Gasteiger partial charge in [0, 0.05) is 10.7 Å². The molecule has 0 atom stereocenters. The molecule has 0 aliphatic carbocycles. The molecule has 0 radical (unpaired) electrons. The van der Waals surface area contributed by atoms with Gasteiger partial charge in [0.1, 0.15) is 11.4 Å². The number of halogens is 1. The summed E-state index contributed by atoms with van der Waals surface area (Å²) in [6.07, 6.45) is 0. The zero-order chi connectivity index (χ0) is 11.7. The van der Waals surface area contributed by atoms with E-state index < -0.39 is 0 Å². The second kappa shape index (κ2) is 4.18. The van der Waals surface area contributed by atoms with Crippen LogP contribution in [0.4, 0.5) is 0 Å². The molecule has 84 valence electrons. The number of benzene rings is 1. The van der Waals surface area contributed by atoms with Crippen LogP contribution in [0, 0.1) is 13.8 Å². The molecule has 0 bridgehead atoms. The van der Waals surface area contributed by atoms with Gasteiger partial charge in [-0.1, -0.05) is 11.6 Å². The summed E-state index contributed by atoms with van der Waals surface area (Å²) in [5, 5.41) is 5.08. The van der Waals surface area contributed by atoms with Crippen molar-refractivity contribution in [1.29, 1.82) is 0 Å². The fourth-order valence-electron chi connectivity index (χ4n) is 1.70. The van der Waals surface area contributed by atoms with Crippen molar-refractivity contribution in [3.63, 3.8) is 0 Å². The zero-order valence-corrected chi connectivity index (χ0v) is 10.2. The van der Waals surface area contributed by atoms with Crippen LogP contribution < -0.4 is 4.74 Å². The van der Waals surface area contributed by atoms with E-state index in [-0.39, 0.29) is 0 Å². The van der Waals surface area contributed by atoms with Gasteiger partial charge in [-0.05, 0) is 38.1 Å². The molecule has 2 rings (SSSR count). The first-order valence-corrected chi connectivity index (χ1v) is 5.37. The maximum atomic E-state index is 5.99. The number of nitrogens with zero attached hydrogens (tertiary/aromatic N) is 2. The summed E-state index contributed by atoms with van der Waals surface area (Å²) in [7, 11) is 1.64. The van der Waals surface area contributed by atoms with E-state index in [1.165, 1.54) is 0 Å². The van der Waals surface area contributed by atoms with Crippen LogP contribution in [0.3, 0.4) is 0 Å². The van der Waals surface area contributed by atoms with Crippen molar-refractivity contribution in [3.05, 3.63) is 40.7 Å². The lowest BCUT2D eigenvalue weighted by atomic mass is 10.3. The highest BCUT2D eigenvalue weighted by Gasteiger charge is 2.09. The molecule has 0 aliphatic heterocycles. The SMILES string of the molecule is COc1ccc(Cl)cc1-n1nc(C)cc1C. The minimum Gasteiger partial charge on any atom is -0.494 e. The Bertz CT molecular complexity index is 520. The van der Waals surface area contributed by atoms with Crippen molar-refractivity contribution >= 4 is 11.6 Å². The molecule has 0 N–H and O–H groups in total. The van der Waals surface area contributed by atoms with E-state index in [0.717, 1.165) is 22.8 Å². The predicted molar refractivity (Wildman–Crippen MR) is 64.6 cm³/mol. The number of aromatic nitrogens is 2. The average Bonchev–Trinajstić information content (AvgIpc) is 2.57. The van der Waals surface area contributed by atoms with Gasteiger partial charge in [0.05, 0.1) is 12.8 Å². The molecular weight excluding hydrogens is 224 g/mol. The lowest BCUT2D eigenvalue weighted by Gasteiger charge is -2.10. The Morgan fingerprint density at radius 3 is 2.56 bits per heavy atom. The van der Waals surface area contributed by atoms with Gasteiger partial charge in [-0.2, -0.15) is 5.10 Å². The molecule has 0 amide bonds. The van der Waals surface area contributed by atoms with Crippen LogP contribution >= 0.6 is 11.6 Å². The molecule has 0 unspecified atom stereocenters. The van der Waals surface area contributed by atoms with Crippen LogP contribution in [0.5, 0.6) is 5.75 Å². The standard InChI is InChI=1S/C12H13ClN2O/c1-8-6-9(2)15(14-8)11-7-10(13)4-5-12(11)16-3/h4-7H,1-3H3. The van der Waals surface area contributed by atoms with Gasteiger partial charge < -0.3 is 4.74 Å². The summed E-state index contributed by atoms with van der Waals surface area (Å²) in [5.41, 5.74) is 2.89. The van der Waals surface area contributed by atoms with Crippen molar-refractivity contribution < 1.29 is 4.74 Å². The van der Waals surface area contributed by atoms with Gasteiger partial charge in [0.15, 0.2) is 0 Å². The molecule has 1 aromatic carbocycles. The summed E-state index contributed by atoms with van der Waals surface area (Å²) in [4.78, 5) is 0. The van der Waals surface area contributed by atoms with Crippen LogP contribution in [0.25, 0.3) is 5.69 Å². The second-order valence-corrected chi connectivity index (χ2v) is 4.09. The lowest BCUT2D eigenvalue weighted by molar-refractivity contribution is 0.411. The molecular formula is C12H13ClN2O. The van der Waals surface area contributed by atoms with E-state index in [1.54, 1.807) is 13.2 Å². The van der Waals surface area contributed by atoms with Gasteiger partial charge >= 0.3 is 0 Å². The van der Waals surface area contributed by atoms with E-state index in [0.29, 0.717) is 5.02 Å². The third-order valence-electron chi connectivity index (χ3n) is 2.38. The van der Waals surface area contributed by atoms with E-state index in [4.69, 9.17) is 16.3 Å². The number of hydrogen-bond acceptors (Lipinski definition) is 2. The summed E-state index contributed by atoms with van der Waals surface area (Å²) in [6, 6.07) is 7.50. The van der Waals surface area contributed by atoms with E-state index >= 15 is 0 Å². The predicted octanol–water partition coefficient (Wildman–Crippen LogP) is 3.15. The first-order chi connectivity index (χ1) is 7.61. The first kappa shape index (κ1) is 11.0. The number of rotatable bonds is 2. The highest BCUT2D eigenvalue weighted by Crippen LogP contribution is 2.27. The third-order valence-corrected chi connectivity index (χ3v) is 2.61. The monoisotopic (exact) mass is 236 g/mol. The maximum absolute atomic E-state index is 5.99. The number of ether oxygens (including phenoxy) is 1. The molecule has 0 saturated heterocycles. The van der Waals surface area contributed by atoms with Crippen molar-refractivity contribution in [3.8, 4) is 11.4 Å². The third kappa shape index (κ3) is 1.91. The van der Waals surface area contributed by atoms with Crippen LogP contribution in [0.2, 0.25) is 5.02 Å². The smallest absolute Gasteiger partial charge is 0.144 e. The van der Waals surface area contributed by atoms with Crippen molar-refractivity contribution in [2.75, 3.05) is 7.11 Å². The summed E-state index contributed by atoms with van der Waals surface area (Å²) < 4.78 is 7.13. The average molecular weight is 237 g/mol. The summed E-state index contributed by atoms with van der Waals surface area (Å²) >= 11 is 5.99. The summed E-state index contributed by atoms with van der Waals surface area (Å²) in [6.45, 7) is 3.96. The van der Waals surface area contributed by atoms with Crippen LogP contribution in [-0.2, 0) is 0 Å². The largest absolute Gasteiger partial charge is 0.494 e. The number of hydrogen-bond donors (Lipinski definition) is 0. The van der Waals surface area contributed by atoms with Gasteiger partial charge in [-0.15, -0.1) is 0 Å². The molecule has 0 saturated carbocycles.